The molecule has 6 aromatic rings. The maximum absolute atomic E-state index is 14.5. The molecule has 0 radical (unpaired) electrons. The third-order valence-electron chi connectivity index (χ3n) is 10.0. The lowest BCUT2D eigenvalue weighted by Crippen LogP contribution is -2.34. The number of aryl methyl sites for hydroxylation is 1. The van der Waals surface area contributed by atoms with E-state index in [1.807, 2.05) is 47.9 Å². The van der Waals surface area contributed by atoms with E-state index >= 15 is 0 Å². The fourth-order valence-corrected chi connectivity index (χ4v) is 7.94. The molecule has 57 heavy (non-hydrogen) atoms. The Labute approximate surface area is 329 Å². The second-order valence-corrected chi connectivity index (χ2v) is 16.3. The summed E-state index contributed by atoms with van der Waals surface area (Å²) in [6.45, 7) is 5.71. The lowest BCUT2D eigenvalue weighted by atomic mass is 9.93. The summed E-state index contributed by atoms with van der Waals surface area (Å²) in [4.78, 5) is 30.2. The van der Waals surface area contributed by atoms with Crippen molar-refractivity contribution >= 4 is 44.4 Å². The quantitative estimate of drug-likeness (QED) is 0.118. The van der Waals surface area contributed by atoms with Crippen molar-refractivity contribution in [2.75, 3.05) is 54.3 Å². The Kier molecular flexibility index (Phi) is 11.4. The molecule has 0 bridgehead atoms. The van der Waals surface area contributed by atoms with Gasteiger partial charge < -0.3 is 25.0 Å². The maximum Gasteiger partial charge on any atom is 0.259 e. The molecule has 1 amide bonds. The Balaban J connectivity index is 1.19. The molecule has 1 aliphatic rings. The first kappa shape index (κ1) is 39.2. The number of sulfone groups is 1. The van der Waals surface area contributed by atoms with Gasteiger partial charge in [0, 0.05) is 49.1 Å². The van der Waals surface area contributed by atoms with Gasteiger partial charge in [-0.05, 0) is 99.2 Å². The number of benzene rings is 3. The van der Waals surface area contributed by atoms with Crippen molar-refractivity contribution in [1.29, 1.82) is 0 Å². The molecule has 4 heterocycles. The largest absolute Gasteiger partial charge is 0.494 e. The molecule has 1 fully saturated rings. The Morgan fingerprint density at radius 3 is 2.46 bits per heavy atom. The zero-order valence-corrected chi connectivity index (χ0v) is 32.9. The number of para-hydroxylation sites is 1. The van der Waals surface area contributed by atoms with E-state index in [1.54, 1.807) is 44.5 Å². The average molecular weight is 796 g/mol. The second kappa shape index (κ2) is 16.6. The van der Waals surface area contributed by atoms with Crippen LogP contribution in [0.25, 0.3) is 28.3 Å². The number of nitrogens with zero attached hydrogens (tertiary/aromatic N) is 5. The number of carbonyl (C=O) groups is 1. The summed E-state index contributed by atoms with van der Waals surface area (Å²) < 4.78 is 65.9. The summed E-state index contributed by atoms with van der Waals surface area (Å²) in [5.74, 6) is -0.823. The fraction of sp³-hybridized carbons (Fsp3) is 0.286. The Morgan fingerprint density at radius 1 is 0.965 bits per heavy atom. The molecule has 7 rings (SSSR count). The van der Waals surface area contributed by atoms with E-state index in [1.165, 1.54) is 12.3 Å². The molecule has 296 valence electrons. The molecule has 0 unspecified atom stereocenters. The number of aromatic nitrogens is 4. The second-order valence-electron chi connectivity index (χ2n) is 14.0. The van der Waals surface area contributed by atoms with Crippen molar-refractivity contribution in [3.8, 4) is 34.1 Å². The number of imidazole rings is 1. The molecule has 3 aromatic heterocycles. The first-order valence-corrected chi connectivity index (χ1v) is 20.7. The van der Waals surface area contributed by atoms with Crippen LogP contribution in [0.3, 0.4) is 0 Å². The van der Waals surface area contributed by atoms with Gasteiger partial charge in [-0.15, -0.1) is 0 Å². The van der Waals surface area contributed by atoms with Gasteiger partial charge in [-0.1, -0.05) is 12.1 Å². The number of carbonyl (C=O) groups excluding carboxylic acids is 1. The minimum atomic E-state index is -2.98. The number of piperidine rings is 1. The van der Waals surface area contributed by atoms with E-state index in [0.717, 1.165) is 49.3 Å². The molecule has 1 saturated heterocycles. The van der Waals surface area contributed by atoms with Crippen LogP contribution in [-0.2, 0) is 9.84 Å². The highest BCUT2D eigenvalue weighted by Gasteiger charge is 2.25. The molecule has 3 aromatic carbocycles. The maximum atomic E-state index is 14.5. The van der Waals surface area contributed by atoms with E-state index < -0.39 is 33.1 Å². The van der Waals surface area contributed by atoms with Crippen LogP contribution in [0, 0.1) is 24.5 Å². The van der Waals surface area contributed by atoms with Crippen LogP contribution in [0.2, 0.25) is 0 Å². The van der Waals surface area contributed by atoms with Crippen LogP contribution in [0.15, 0.2) is 85.2 Å². The number of nitrogens with one attached hydrogen (secondary N) is 2. The van der Waals surface area contributed by atoms with Gasteiger partial charge in [0.1, 0.15) is 44.3 Å². The molecule has 2 N–H and O–H groups in total. The molecule has 1 aliphatic heterocycles. The number of ether oxygens (including phenoxy) is 2. The van der Waals surface area contributed by atoms with Crippen LogP contribution in [-0.4, -0.2) is 72.5 Å². The third-order valence-corrected chi connectivity index (χ3v) is 11.0. The number of amides is 1. The lowest BCUT2D eigenvalue weighted by Gasteiger charge is -2.35. The summed E-state index contributed by atoms with van der Waals surface area (Å²) in [5, 5.41) is 5.70. The number of rotatable bonds is 13. The smallest absolute Gasteiger partial charge is 0.259 e. The number of hydrogen-bond donors (Lipinski definition) is 2. The topological polar surface area (TPSA) is 140 Å². The van der Waals surface area contributed by atoms with E-state index in [9.17, 15) is 22.0 Å². The van der Waals surface area contributed by atoms with Crippen molar-refractivity contribution in [1.82, 2.24) is 19.4 Å². The minimum absolute atomic E-state index is 0.0623. The van der Waals surface area contributed by atoms with Crippen molar-refractivity contribution in [3.63, 3.8) is 0 Å². The lowest BCUT2D eigenvalue weighted by molar-refractivity contribution is 0.102. The van der Waals surface area contributed by atoms with Gasteiger partial charge in [-0.3, -0.25) is 9.20 Å². The monoisotopic (exact) mass is 795 g/mol. The SMILES string of the molecule is CCOc1ccc(-c2nc3ccccn3c2-c2ccnc(Nc3cc(C)c(N4CCC(CCS(C)(=O)=O)CC4)cc3OC)n2)cc1C(=O)Nc1c(F)cccc1F. The first-order chi connectivity index (χ1) is 27.4. The van der Waals surface area contributed by atoms with Gasteiger partial charge in [0.25, 0.3) is 5.91 Å². The summed E-state index contributed by atoms with van der Waals surface area (Å²) in [7, 11) is -1.38. The average Bonchev–Trinajstić information content (AvgIpc) is 3.59. The fourth-order valence-electron chi connectivity index (χ4n) is 7.18. The van der Waals surface area contributed by atoms with Crippen molar-refractivity contribution in [3.05, 3.63) is 108 Å². The molecule has 0 aliphatic carbocycles. The highest BCUT2D eigenvalue weighted by atomic mass is 32.2. The molecular formula is C42H43F2N7O5S. The molecular weight excluding hydrogens is 753 g/mol. The normalized spacial score (nSPS) is 13.5. The zero-order chi connectivity index (χ0) is 40.3. The van der Waals surface area contributed by atoms with Gasteiger partial charge in [-0.25, -0.2) is 32.2 Å². The van der Waals surface area contributed by atoms with E-state index in [4.69, 9.17) is 19.4 Å². The van der Waals surface area contributed by atoms with Gasteiger partial charge in [0.15, 0.2) is 0 Å². The van der Waals surface area contributed by atoms with E-state index in [-0.39, 0.29) is 23.7 Å². The summed E-state index contributed by atoms with van der Waals surface area (Å²) in [5.41, 5.74) is 5.05. The predicted molar refractivity (Wildman–Crippen MR) is 217 cm³/mol. The first-order valence-electron chi connectivity index (χ1n) is 18.6. The summed E-state index contributed by atoms with van der Waals surface area (Å²) >= 11 is 0. The van der Waals surface area contributed by atoms with Crippen LogP contribution in [0.1, 0.15) is 42.1 Å². The number of pyridine rings is 1. The number of hydrogen-bond acceptors (Lipinski definition) is 10. The Morgan fingerprint density at radius 2 is 1.74 bits per heavy atom. The highest BCUT2D eigenvalue weighted by Crippen LogP contribution is 2.38. The number of halogens is 2. The molecule has 0 atom stereocenters. The van der Waals surface area contributed by atoms with Crippen LogP contribution >= 0.6 is 0 Å². The van der Waals surface area contributed by atoms with Crippen molar-refractivity contribution < 1.29 is 31.5 Å². The molecule has 12 nitrogen and oxygen atoms in total. The number of fused-ring (bicyclic) bond motifs is 1. The van der Waals surface area contributed by atoms with Crippen molar-refractivity contribution in [2.45, 2.75) is 33.1 Å². The van der Waals surface area contributed by atoms with Crippen molar-refractivity contribution in [2.24, 2.45) is 5.92 Å². The number of methoxy groups -OCH3 is 1. The standard InChI is InChI=1S/C42H43F2N7O5S/c1-5-56-35-13-12-28(24-29(35)41(52)49-39-30(43)9-8-10-31(39)44)38-40(51-19-7-6-11-37(51)48-38)32-14-18-45-42(46-32)47-33-23-26(2)34(25-36(33)55-3)50-20-15-27(16-21-50)17-22-57(4,53)54/h6-14,18-19,23-25,27H,5,15-17,20-22H2,1-4H3,(H,49,52)(H,45,46,47). The minimum Gasteiger partial charge on any atom is -0.494 e. The van der Waals surface area contributed by atoms with Crippen LogP contribution in [0.5, 0.6) is 11.5 Å². The van der Waals surface area contributed by atoms with E-state index in [2.05, 4.69) is 20.5 Å². The highest BCUT2D eigenvalue weighted by molar-refractivity contribution is 7.90. The number of anilines is 4. The summed E-state index contributed by atoms with van der Waals surface area (Å²) in [6, 6.07) is 19.7. The van der Waals surface area contributed by atoms with Gasteiger partial charge in [0.2, 0.25) is 5.95 Å². The van der Waals surface area contributed by atoms with Gasteiger partial charge in [0.05, 0.1) is 47.8 Å². The van der Waals surface area contributed by atoms with E-state index in [0.29, 0.717) is 58.0 Å². The molecule has 15 heteroatoms. The van der Waals surface area contributed by atoms with Crippen LogP contribution < -0.4 is 25.0 Å². The molecule has 0 saturated carbocycles. The zero-order valence-electron chi connectivity index (χ0n) is 32.1. The predicted octanol–water partition coefficient (Wildman–Crippen LogP) is 8.10. The third kappa shape index (κ3) is 8.68. The van der Waals surface area contributed by atoms with Crippen LogP contribution in [0.4, 0.5) is 31.8 Å². The van der Waals surface area contributed by atoms with Gasteiger partial charge >= 0.3 is 0 Å². The summed E-state index contributed by atoms with van der Waals surface area (Å²) in [6.07, 6.45) is 7.31. The Bertz CT molecular complexity index is 2540. The van der Waals surface area contributed by atoms with Gasteiger partial charge in [-0.2, -0.15) is 0 Å². The Hall–Kier alpha value is -6.09. The molecule has 0 spiro atoms.